The maximum absolute atomic E-state index is 16.4. The first kappa shape index (κ1) is 44.1. The summed E-state index contributed by atoms with van der Waals surface area (Å²) in [5.41, 5.74) is 8.17. The van der Waals surface area contributed by atoms with Crippen LogP contribution in [0.25, 0.3) is 0 Å². The van der Waals surface area contributed by atoms with E-state index in [2.05, 4.69) is 97.1 Å². The van der Waals surface area contributed by atoms with Crippen LogP contribution in [0.1, 0.15) is 44.5 Å². The van der Waals surface area contributed by atoms with Crippen LogP contribution in [0, 0.1) is 0 Å². The molecule has 0 fully saturated rings. The van der Waals surface area contributed by atoms with E-state index >= 15 is 8.42 Å². The van der Waals surface area contributed by atoms with Crippen molar-refractivity contribution in [3.05, 3.63) is 287 Å². The van der Waals surface area contributed by atoms with E-state index in [4.69, 9.17) is 7.94 Å². The first-order chi connectivity index (χ1) is 30.7. The molecule has 0 heterocycles. The van der Waals surface area contributed by atoms with Gasteiger partial charge in [-0.2, -0.15) is 0 Å². The predicted molar refractivity (Wildman–Crippen MR) is 266 cm³/mol. The first-order valence-corrected chi connectivity index (χ1v) is 28.8. The van der Waals surface area contributed by atoms with Gasteiger partial charge in [-0.05, 0) is 0 Å². The number of rotatable bonds is 20. The Hall–Kier alpha value is -5.51. The second-order valence-corrected chi connectivity index (χ2v) is 29.4. The Morgan fingerprint density at radius 3 is 0.492 bits per heavy atom. The fourth-order valence-electron chi connectivity index (χ4n) is 9.77. The molecule has 0 bridgehead atoms. The van der Waals surface area contributed by atoms with Crippen LogP contribution in [-0.2, 0) is 67.6 Å². The summed E-state index contributed by atoms with van der Waals surface area (Å²) >= 11 is 0. The molecule has 0 unspecified atom stereocenters. The fourth-order valence-corrected chi connectivity index (χ4v) is 26.4. The SMILES string of the molecule is O=S(=O)(OP(Cc1ccccc1)(Cc1ccccc1)(Cc1ccccc1)Cc1ccccc1)OP(Cc1ccccc1)(Cc1ccccc1)(Cc1ccccc1)Cc1ccccc1. The molecule has 0 amide bonds. The minimum absolute atomic E-state index is 0.415. The van der Waals surface area contributed by atoms with Crippen LogP contribution in [0.3, 0.4) is 0 Å². The van der Waals surface area contributed by atoms with Crippen molar-refractivity contribution in [1.29, 1.82) is 0 Å². The van der Waals surface area contributed by atoms with Crippen molar-refractivity contribution in [2.24, 2.45) is 0 Å². The molecule has 8 aromatic rings. The molecule has 0 radical (unpaired) electrons. The molecule has 0 N–H and O–H groups in total. The van der Waals surface area contributed by atoms with Gasteiger partial charge in [0, 0.05) is 0 Å². The van der Waals surface area contributed by atoms with E-state index in [-0.39, 0.29) is 0 Å². The zero-order chi connectivity index (χ0) is 43.4. The van der Waals surface area contributed by atoms with Gasteiger partial charge in [-0.25, -0.2) is 0 Å². The molecule has 0 aliphatic heterocycles. The summed E-state index contributed by atoms with van der Waals surface area (Å²) in [6, 6.07) is 82.3. The molecule has 4 nitrogen and oxygen atoms in total. The van der Waals surface area contributed by atoms with Gasteiger partial charge in [-0.3, -0.25) is 0 Å². The van der Waals surface area contributed by atoms with Crippen molar-refractivity contribution in [1.82, 2.24) is 0 Å². The molecule has 0 saturated heterocycles. The Morgan fingerprint density at radius 1 is 0.238 bits per heavy atom. The summed E-state index contributed by atoms with van der Waals surface area (Å²) in [6.45, 7) is -8.36. The summed E-state index contributed by atoms with van der Waals surface area (Å²) < 4.78 is 48.0. The van der Waals surface area contributed by atoms with E-state index in [1.807, 2.05) is 146 Å². The van der Waals surface area contributed by atoms with Crippen LogP contribution in [0.4, 0.5) is 0 Å². The normalized spacial score (nSPS) is 13.3. The van der Waals surface area contributed by atoms with Gasteiger partial charge in [0.25, 0.3) is 0 Å². The van der Waals surface area contributed by atoms with Crippen LogP contribution in [-0.4, -0.2) is 8.42 Å². The Bertz CT molecular complexity index is 2200. The van der Waals surface area contributed by atoms with E-state index < -0.39 is 24.1 Å². The summed E-state index contributed by atoms with van der Waals surface area (Å²) in [5.74, 6) is 0. The van der Waals surface area contributed by atoms with Gasteiger partial charge in [0.1, 0.15) is 0 Å². The van der Waals surface area contributed by atoms with E-state index in [1.54, 1.807) is 0 Å². The van der Waals surface area contributed by atoms with Crippen LogP contribution in [0.15, 0.2) is 243 Å². The van der Waals surface area contributed by atoms with E-state index in [1.165, 1.54) is 0 Å². The van der Waals surface area contributed by atoms with E-state index in [0.717, 1.165) is 44.5 Å². The molecule has 7 heteroatoms. The number of hydrogen-bond donors (Lipinski definition) is 0. The van der Waals surface area contributed by atoms with Crippen LogP contribution >= 0.6 is 13.7 Å². The zero-order valence-corrected chi connectivity index (χ0v) is 38.3. The van der Waals surface area contributed by atoms with Gasteiger partial charge < -0.3 is 0 Å². The molecule has 0 aliphatic carbocycles. The van der Waals surface area contributed by atoms with E-state index in [9.17, 15) is 0 Å². The van der Waals surface area contributed by atoms with Gasteiger partial charge in [0.15, 0.2) is 0 Å². The molecule has 0 aromatic heterocycles. The maximum atomic E-state index is 16.4. The first-order valence-electron chi connectivity index (χ1n) is 21.7. The Kier molecular flexibility index (Phi) is 13.6. The fraction of sp³-hybridized carbons (Fsp3) is 0.143. The molecule has 8 rings (SSSR count). The predicted octanol–water partition coefficient (Wildman–Crippen LogP) is 14.8. The molecular weight excluding hydrogens is 831 g/mol. The summed E-state index contributed by atoms with van der Waals surface area (Å²) in [5, 5.41) is 0. The Labute approximate surface area is 375 Å². The zero-order valence-electron chi connectivity index (χ0n) is 35.7. The van der Waals surface area contributed by atoms with Gasteiger partial charge >= 0.3 is 377 Å². The standard InChI is InChI=1S/C56H56O4P2S/c57-63(58,59-61(41-49-25-9-1-10-26-49,42-50-27-11-2-12-28-50,43-51-29-13-3-14-30-51)44-52-31-15-4-16-32-52)60-62(45-53-33-17-5-18-34-53,46-54-35-19-6-20-36-54,47-55-37-21-7-22-38-55)48-56-39-23-8-24-40-56/h1-40H,41-48H2. The third-order valence-corrected chi connectivity index (χ3v) is 26.2. The Balaban J connectivity index is 1.41. The molecule has 0 atom stereocenters. The average Bonchev–Trinajstić information content (AvgIpc) is 3.28. The van der Waals surface area contributed by atoms with Crippen molar-refractivity contribution in [3.63, 3.8) is 0 Å². The molecular formula is C56H56O4P2S. The second-order valence-electron chi connectivity index (χ2n) is 17.4. The van der Waals surface area contributed by atoms with Crippen molar-refractivity contribution in [2.45, 2.75) is 49.3 Å². The van der Waals surface area contributed by atoms with Gasteiger partial charge in [-0.1, -0.05) is 0 Å². The average molecular weight is 887 g/mol. The molecule has 320 valence electrons. The quantitative estimate of drug-likeness (QED) is 0.0716. The van der Waals surface area contributed by atoms with Crippen molar-refractivity contribution in [2.75, 3.05) is 0 Å². The third kappa shape index (κ3) is 11.6. The van der Waals surface area contributed by atoms with Crippen molar-refractivity contribution in [3.8, 4) is 0 Å². The summed E-state index contributed by atoms with van der Waals surface area (Å²) in [6.07, 6.45) is 3.32. The number of benzene rings is 8. The minimum atomic E-state index is -4.86. The van der Waals surface area contributed by atoms with Crippen LogP contribution in [0.5, 0.6) is 0 Å². The number of hydrogen-bond acceptors (Lipinski definition) is 4. The second kappa shape index (κ2) is 19.5. The van der Waals surface area contributed by atoms with E-state index in [0.29, 0.717) is 49.3 Å². The van der Waals surface area contributed by atoms with Gasteiger partial charge in [0.2, 0.25) is 0 Å². The van der Waals surface area contributed by atoms with Crippen molar-refractivity contribution >= 4 is 24.1 Å². The summed E-state index contributed by atoms with van der Waals surface area (Å²) in [7, 11) is -4.86. The van der Waals surface area contributed by atoms with Crippen LogP contribution in [0.2, 0.25) is 0 Å². The van der Waals surface area contributed by atoms with Gasteiger partial charge in [-0.15, -0.1) is 0 Å². The topological polar surface area (TPSA) is 52.6 Å². The molecule has 63 heavy (non-hydrogen) atoms. The third-order valence-electron chi connectivity index (χ3n) is 12.0. The monoisotopic (exact) mass is 886 g/mol. The molecule has 8 aromatic carbocycles. The van der Waals surface area contributed by atoms with Crippen LogP contribution < -0.4 is 0 Å². The van der Waals surface area contributed by atoms with Crippen molar-refractivity contribution < 1.29 is 16.4 Å². The summed E-state index contributed by atoms with van der Waals surface area (Å²) in [4.78, 5) is 0. The molecule has 0 spiro atoms. The Morgan fingerprint density at radius 2 is 0.365 bits per heavy atom. The molecule has 0 saturated carbocycles. The molecule has 0 aliphatic rings. The van der Waals surface area contributed by atoms with Gasteiger partial charge in [0.05, 0.1) is 0 Å².